The van der Waals surface area contributed by atoms with E-state index in [0.717, 1.165) is 5.56 Å². The summed E-state index contributed by atoms with van der Waals surface area (Å²) >= 11 is 0. The second-order valence-corrected chi connectivity index (χ2v) is 5.54. The van der Waals surface area contributed by atoms with E-state index in [-0.39, 0.29) is 18.0 Å². The van der Waals surface area contributed by atoms with Crippen LogP contribution in [0.1, 0.15) is 27.9 Å². The summed E-state index contributed by atoms with van der Waals surface area (Å²) in [5, 5.41) is 3.98. The minimum Gasteiger partial charge on any atom is -0.406 e. The van der Waals surface area contributed by atoms with E-state index < -0.39 is 6.36 Å². The van der Waals surface area contributed by atoms with Gasteiger partial charge < -0.3 is 4.74 Å². The highest BCUT2D eigenvalue weighted by Crippen LogP contribution is 2.25. The Balaban J connectivity index is 1.67. The van der Waals surface area contributed by atoms with Crippen LogP contribution in [0.2, 0.25) is 0 Å². The van der Waals surface area contributed by atoms with E-state index in [2.05, 4.69) is 14.8 Å². The summed E-state index contributed by atoms with van der Waals surface area (Å²) < 4.78 is 42.1. The SMILES string of the molecule is Cc1cc(OC(F)(F)F)ccc1CCC(=O)c1ccc2ncnn2c1. The lowest BCUT2D eigenvalue weighted by Crippen LogP contribution is -2.17. The van der Waals surface area contributed by atoms with Gasteiger partial charge in [0.05, 0.1) is 0 Å². The van der Waals surface area contributed by atoms with Crippen molar-refractivity contribution in [1.82, 2.24) is 14.6 Å². The third kappa shape index (κ3) is 4.14. The number of Topliss-reactive ketones (excluding diaryl/α,β-unsaturated/α-hetero) is 1. The first kappa shape index (κ1) is 16.9. The predicted octanol–water partition coefficient (Wildman–Crippen LogP) is 3.75. The molecule has 0 spiro atoms. The summed E-state index contributed by atoms with van der Waals surface area (Å²) in [6.45, 7) is 1.69. The average Bonchev–Trinajstić information content (AvgIpc) is 2.99. The molecule has 0 atom stereocenters. The fraction of sp³-hybridized carbons (Fsp3) is 0.235. The molecule has 0 aliphatic carbocycles. The lowest BCUT2D eigenvalue weighted by atomic mass is 10.00. The Labute approximate surface area is 141 Å². The zero-order valence-electron chi connectivity index (χ0n) is 13.2. The molecule has 3 rings (SSSR count). The van der Waals surface area contributed by atoms with Gasteiger partial charge in [-0.1, -0.05) is 6.07 Å². The largest absolute Gasteiger partial charge is 0.573 e. The number of benzene rings is 1. The van der Waals surface area contributed by atoms with Crippen LogP contribution >= 0.6 is 0 Å². The van der Waals surface area contributed by atoms with Crippen LogP contribution in [0.3, 0.4) is 0 Å². The van der Waals surface area contributed by atoms with Gasteiger partial charge in [0, 0.05) is 18.2 Å². The molecule has 0 bridgehead atoms. The van der Waals surface area contributed by atoms with Crippen molar-refractivity contribution in [3.63, 3.8) is 0 Å². The number of ketones is 1. The van der Waals surface area contributed by atoms with E-state index in [1.807, 2.05) is 0 Å². The molecule has 8 heteroatoms. The van der Waals surface area contributed by atoms with E-state index >= 15 is 0 Å². The van der Waals surface area contributed by atoms with E-state index in [4.69, 9.17) is 0 Å². The molecule has 0 saturated heterocycles. The molecule has 3 aromatic rings. The normalized spacial score (nSPS) is 11.7. The highest BCUT2D eigenvalue weighted by Gasteiger charge is 2.31. The van der Waals surface area contributed by atoms with Crippen molar-refractivity contribution in [2.24, 2.45) is 0 Å². The number of hydrogen-bond donors (Lipinski definition) is 0. The van der Waals surface area contributed by atoms with Crippen LogP contribution in [0, 0.1) is 6.92 Å². The average molecular weight is 349 g/mol. The van der Waals surface area contributed by atoms with Crippen molar-refractivity contribution in [1.29, 1.82) is 0 Å². The first-order chi connectivity index (χ1) is 11.8. The molecule has 25 heavy (non-hydrogen) atoms. The van der Waals surface area contributed by atoms with Gasteiger partial charge in [-0.3, -0.25) is 4.79 Å². The summed E-state index contributed by atoms with van der Waals surface area (Å²) in [5.74, 6) is -0.343. The van der Waals surface area contributed by atoms with Crippen LogP contribution in [-0.4, -0.2) is 26.7 Å². The Morgan fingerprint density at radius 3 is 2.76 bits per heavy atom. The van der Waals surface area contributed by atoms with Crippen LogP contribution in [0.4, 0.5) is 13.2 Å². The number of hydrogen-bond acceptors (Lipinski definition) is 4. The molecule has 130 valence electrons. The van der Waals surface area contributed by atoms with E-state index in [0.29, 0.717) is 23.2 Å². The highest BCUT2D eigenvalue weighted by atomic mass is 19.4. The third-order valence-corrected chi connectivity index (χ3v) is 3.77. The molecule has 1 aromatic carbocycles. The molecule has 0 radical (unpaired) electrons. The van der Waals surface area contributed by atoms with Gasteiger partial charge in [-0.05, 0) is 48.7 Å². The molecule has 0 amide bonds. The van der Waals surface area contributed by atoms with Gasteiger partial charge >= 0.3 is 6.36 Å². The minimum absolute atomic E-state index is 0.0765. The fourth-order valence-electron chi connectivity index (χ4n) is 2.52. The first-order valence-corrected chi connectivity index (χ1v) is 7.50. The Morgan fingerprint density at radius 1 is 1.24 bits per heavy atom. The van der Waals surface area contributed by atoms with Crippen molar-refractivity contribution < 1.29 is 22.7 Å². The van der Waals surface area contributed by atoms with E-state index in [1.54, 1.807) is 31.3 Å². The number of fused-ring (bicyclic) bond motifs is 1. The number of aromatic nitrogens is 3. The van der Waals surface area contributed by atoms with Crippen molar-refractivity contribution in [2.45, 2.75) is 26.1 Å². The van der Waals surface area contributed by atoms with E-state index in [1.165, 1.54) is 23.0 Å². The quantitative estimate of drug-likeness (QED) is 0.658. The van der Waals surface area contributed by atoms with Gasteiger partial charge in [0.1, 0.15) is 12.1 Å². The standard InChI is InChI=1S/C17H14F3N3O2/c1-11-8-14(25-17(18,19)20)5-2-12(11)3-6-15(24)13-4-7-16-21-10-22-23(16)9-13/h2,4-5,7-10H,3,6H2,1H3. The number of ether oxygens (including phenoxy) is 1. The minimum atomic E-state index is -4.72. The molecule has 2 heterocycles. The smallest absolute Gasteiger partial charge is 0.406 e. The van der Waals surface area contributed by atoms with Gasteiger partial charge in [0.25, 0.3) is 0 Å². The second-order valence-electron chi connectivity index (χ2n) is 5.54. The number of pyridine rings is 1. The zero-order chi connectivity index (χ0) is 18.0. The Bertz CT molecular complexity index is 919. The number of aryl methyl sites for hydroxylation is 2. The van der Waals surface area contributed by atoms with Crippen LogP contribution < -0.4 is 4.74 Å². The highest BCUT2D eigenvalue weighted by molar-refractivity contribution is 5.96. The topological polar surface area (TPSA) is 56.5 Å². The van der Waals surface area contributed by atoms with Crippen LogP contribution in [0.5, 0.6) is 5.75 Å². The van der Waals surface area contributed by atoms with Crippen LogP contribution in [0.15, 0.2) is 42.9 Å². The van der Waals surface area contributed by atoms with Gasteiger partial charge in [-0.25, -0.2) is 9.50 Å². The predicted molar refractivity (Wildman–Crippen MR) is 83.5 cm³/mol. The number of halogens is 3. The van der Waals surface area contributed by atoms with Crippen molar-refractivity contribution in [3.05, 3.63) is 59.5 Å². The molecule has 0 saturated carbocycles. The molecule has 5 nitrogen and oxygen atoms in total. The maximum Gasteiger partial charge on any atom is 0.573 e. The number of rotatable bonds is 5. The summed E-state index contributed by atoms with van der Waals surface area (Å²) in [6, 6.07) is 7.50. The molecule has 0 aliphatic rings. The maximum atomic E-state index is 12.3. The number of carbonyl (C=O) groups is 1. The number of carbonyl (C=O) groups excluding carboxylic acids is 1. The van der Waals surface area contributed by atoms with Crippen LogP contribution in [-0.2, 0) is 6.42 Å². The molecule has 0 fully saturated rings. The van der Waals surface area contributed by atoms with Crippen molar-refractivity contribution >= 4 is 11.4 Å². The Kier molecular flexibility index (Phi) is 4.43. The lowest BCUT2D eigenvalue weighted by molar-refractivity contribution is -0.274. The monoisotopic (exact) mass is 349 g/mol. The van der Waals surface area contributed by atoms with Crippen molar-refractivity contribution in [3.8, 4) is 5.75 Å². The fourth-order valence-corrected chi connectivity index (χ4v) is 2.52. The van der Waals surface area contributed by atoms with Gasteiger partial charge in [0.15, 0.2) is 11.4 Å². The van der Waals surface area contributed by atoms with Crippen molar-refractivity contribution in [2.75, 3.05) is 0 Å². The Morgan fingerprint density at radius 2 is 2.04 bits per heavy atom. The van der Waals surface area contributed by atoms with Gasteiger partial charge in [0.2, 0.25) is 0 Å². The summed E-state index contributed by atoms with van der Waals surface area (Å²) in [7, 11) is 0. The number of nitrogens with zero attached hydrogens (tertiary/aromatic N) is 3. The van der Waals surface area contributed by atoms with Gasteiger partial charge in [-0.15, -0.1) is 13.2 Å². The van der Waals surface area contributed by atoms with Gasteiger partial charge in [-0.2, -0.15) is 5.10 Å². The zero-order valence-corrected chi connectivity index (χ0v) is 13.2. The third-order valence-electron chi connectivity index (χ3n) is 3.77. The Hall–Kier alpha value is -2.90. The molecule has 0 unspecified atom stereocenters. The molecular weight excluding hydrogens is 335 g/mol. The first-order valence-electron chi connectivity index (χ1n) is 7.50. The molecule has 0 aliphatic heterocycles. The second kappa shape index (κ2) is 6.54. The molecular formula is C17H14F3N3O2. The summed E-state index contributed by atoms with van der Waals surface area (Å²) in [5.41, 5.74) is 2.59. The summed E-state index contributed by atoms with van der Waals surface area (Å²) in [4.78, 5) is 16.3. The number of alkyl halides is 3. The van der Waals surface area contributed by atoms with E-state index in [9.17, 15) is 18.0 Å². The van der Waals surface area contributed by atoms with Crippen LogP contribution in [0.25, 0.3) is 5.65 Å². The maximum absolute atomic E-state index is 12.3. The summed E-state index contributed by atoms with van der Waals surface area (Å²) in [6.07, 6.45) is -1.05. The molecule has 2 aromatic heterocycles. The molecule has 0 N–H and O–H groups in total. The lowest BCUT2D eigenvalue weighted by Gasteiger charge is -2.11.